The average Bonchev–Trinajstić information content (AvgIpc) is 2.49. The number of carbonyl (C=O) groups is 1. The molecule has 2 aliphatic rings. The van der Waals surface area contributed by atoms with E-state index in [1.165, 1.54) is 0 Å². The molecule has 2 atom stereocenters. The molecule has 0 aromatic rings. The monoisotopic (exact) mass is 240 g/mol. The molecule has 17 heavy (non-hydrogen) atoms. The van der Waals surface area contributed by atoms with Crippen LogP contribution in [-0.2, 0) is 9.53 Å². The van der Waals surface area contributed by atoms with Crippen molar-refractivity contribution in [1.82, 2.24) is 10.2 Å². The van der Waals surface area contributed by atoms with Crippen LogP contribution in [0.3, 0.4) is 0 Å². The van der Waals surface area contributed by atoms with Gasteiger partial charge in [0.25, 0.3) is 0 Å². The lowest BCUT2D eigenvalue weighted by molar-refractivity contribution is -0.138. The largest absolute Gasteiger partial charge is 0.378 e. The zero-order valence-electron chi connectivity index (χ0n) is 11.3. The normalized spacial score (nSPS) is 37.7. The third-order valence-corrected chi connectivity index (χ3v) is 3.89. The van der Waals surface area contributed by atoms with Crippen molar-refractivity contribution in [2.75, 3.05) is 6.61 Å². The van der Waals surface area contributed by atoms with Crippen molar-refractivity contribution >= 4 is 5.91 Å². The zero-order valence-corrected chi connectivity index (χ0v) is 11.3. The maximum absolute atomic E-state index is 12.3. The Labute approximate surface area is 104 Å². The first-order valence-corrected chi connectivity index (χ1v) is 6.74. The van der Waals surface area contributed by atoms with Gasteiger partial charge < -0.3 is 9.64 Å². The minimum absolute atomic E-state index is 0.00357. The van der Waals surface area contributed by atoms with E-state index in [9.17, 15) is 4.79 Å². The average molecular weight is 240 g/mol. The molecule has 4 heteroatoms. The van der Waals surface area contributed by atoms with E-state index in [-0.39, 0.29) is 18.1 Å². The summed E-state index contributed by atoms with van der Waals surface area (Å²) >= 11 is 0. The van der Waals surface area contributed by atoms with E-state index in [1.807, 2.05) is 11.8 Å². The van der Waals surface area contributed by atoms with Gasteiger partial charge in [0.2, 0.25) is 5.91 Å². The fourth-order valence-corrected chi connectivity index (χ4v) is 2.87. The molecule has 0 bridgehead atoms. The number of carbonyl (C=O) groups excluding carboxylic acids is 1. The van der Waals surface area contributed by atoms with Crippen LogP contribution in [0.4, 0.5) is 0 Å². The van der Waals surface area contributed by atoms with Gasteiger partial charge in [-0.25, -0.2) is 0 Å². The highest BCUT2D eigenvalue weighted by Gasteiger charge is 2.45. The van der Waals surface area contributed by atoms with E-state index in [0.29, 0.717) is 18.1 Å². The summed E-state index contributed by atoms with van der Waals surface area (Å²) in [6.07, 6.45) is 2.53. The number of nitrogens with one attached hydrogen (secondary N) is 1. The standard InChI is InChI=1S/C13H24N2O2/c1-5-17-11-6-10(7-11)15-9(4)14-12(8(2)3)13(15)16/h8-12,14H,5-7H2,1-4H3. The minimum atomic E-state index is -0.00357. The number of amides is 1. The molecule has 1 aliphatic carbocycles. The van der Waals surface area contributed by atoms with Crippen LogP contribution < -0.4 is 5.32 Å². The summed E-state index contributed by atoms with van der Waals surface area (Å²) in [6.45, 7) is 9.06. The first-order valence-electron chi connectivity index (χ1n) is 6.74. The Balaban J connectivity index is 1.92. The topological polar surface area (TPSA) is 41.6 Å². The van der Waals surface area contributed by atoms with Crippen molar-refractivity contribution in [1.29, 1.82) is 0 Å². The van der Waals surface area contributed by atoms with Crippen LogP contribution >= 0.6 is 0 Å². The molecule has 0 aromatic heterocycles. The summed E-state index contributed by atoms with van der Waals surface area (Å²) in [5, 5.41) is 3.38. The first-order chi connectivity index (χ1) is 8.04. The second kappa shape index (κ2) is 4.94. The Morgan fingerprint density at radius 2 is 2.12 bits per heavy atom. The van der Waals surface area contributed by atoms with Crippen LogP contribution in [0.25, 0.3) is 0 Å². The van der Waals surface area contributed by atoms with E-state index in [2.05, 4.69) is 26.1 Å². The lowest BCUT2D eigenvalue weighted by atomic mass is 9.87. The molecular weight excluding hydrogens is 216 g/mol. The van der Waals surface area contributed by atoms with Crippen LogP contribution in [0.2, 0.25) is 0 Å². The molecule has 2 unspecified atom stereocenters. The van der Waals surface area contributed by atoms with Crippen LogP contribution in [0, 0.1) is 5.92 Å². The zero-order chi connectivity index (χ0) is 12.6. The fraction of sp³-hybridized carbons (Fsp3) is 0.923. The summed E-state index contributed by atoms with van der Waals surface area (Å²) in [7, 11) is 0. The maximum atomic E-state index is 12.3. The molecule has 1 saturated carbocycles. The minimum Gasteiger partial charge on any atom is -0.378 e. The Bertz CT molecular complexity index is 287. The molecule has 2 rings (SSSR count). The third kappa shape index (κ3) is 2.33. The summed E-state index contributed by atoms with van der Waals surface area (Å²) in [5.74, 6) is 0.630. The van der Waals surface area contributed by atoms with Crippen molar-refractivity contribution in [3.8, 4) is 0 Å². The van der Waals surface area contributed by atoms with E-state index in [0.717, 1.165) is 19.4 Å². The maximum Gasteiger partial charge on any atom is 0.241 e. The number of hydrogen-bond acceptors (Lipinski definition) is 3. The van der Waals surface area contributed by atoms with Crippen LogP contribution in [0.1, 0.15) is 40.5 Å². The quantitative estimate of drug-likeness (QED) is 0.806. The van der Waals surface area contributed by atoms with Crippen molar-refractivity contribution < 1.29 is 9.53 Å². The lowest BCUT2D eigenvalue weighted by Crippen LogP contribution is -2.52. The molecule has 1 aliphatic heterocycles. The summed E-state index contributed by atoms with van der Waals surface area (Å²) in [5.41, 5.74) is 0. The molecular formula is C13H24N2O2. The van der Waals surface area contributed by atoms with Gasteiger partial charge in [0.15, 0.2) is 0 Å². The molecule has 1 amide bonds. The van der Waals surface area contributed by atoms with Crippen molar-refractivity contribution in [2.24, 2.45) is 5.92 Å². The highest BCUT2D eigenvalue weighted by molar-refractivity contribution is 5.85. The smallest absolute Gasteiger partial charge is 0.241 e. The summed E-state index contributed by atoms with van der Waals surface area (Å²) in [6, 6.07) is 0.376. The first kappa shape index (κ1) is 12.8. The van der Waals surface area contributed by atoms with Gasteiger partial charge in [-0.3, -0.25) is 10.1 Å². The molecule has 4 nitrogen and oxygen atoms in total. The van der Waals surface area contributed by atoms with Crippen molar-refractivity contribution in [3.63, 3.8) is 0 Å². The molecule has 0 radical (unpaired) electrons. The highest BCUT2D eigenvalue weighted by Crippen LogP contribution is 2.32. The van der Waals surface area contributed by atoms with Gasteiger partial charge in [0.1, 0.15) is 0 Å². The number of rotatable bonds is 4. The van der Waals surface area contributed by atoms with E-state index in [4.69, 9.17) is 4.74 Å². The second-order valence-electron chi connectivity index (χ2n) is 5.51. The molecule has 1 saturated heterocycles. The number of ether oxygens (including phenoxy) is 1. The predicted octanol–water partition coefficient (Wildman–Crippen LogP) is 1.36. The van der Waals surface area contributed by atoms with Crippen LogP contribution in [0.15, 0.2) is 0 Å². The SMILES string of the molecule is CCOC1CC(N2C(=O)C(C(C)C)NC2C)C1. The summed E-state index contributed by atoms with van der Waals surface area (Å²) in [4.78, 5) is 14.3. The Morgan fingerprint density at radius 3 is 2.59 bits per heavy atom. The summed E-state index contributed by atoms with van der Waals surface area (Å²) < 4.78 is 5.55. The molecule has 98 valence electrons. The highest BCUT2D eigenvalue weighted by atomic mass is 16.5. The van der Waals surface area contributed by atoms with Gasteiger partial charge in [-0.15, -0.1) is 0 Å². The Morgan fingerprint density at radius 1 is 1.47 bits per heavy atom. The third-order valence-electron chi connectivity index (χ3n) is 3.89. The van der Waals surface area contributed by atoms with Crippen molar-refractivity contribution in [2.45, 2.75) is 64.9 Å². The van der Waals surface area contributed by atoms with Gasteiger partial charge in [0.05, 0.1) is 18.3 Å². The molecule has 1 N–H and O–H groups in total. The van der Waals surface area contributed by atoms with Gasteiger partial charge in [0, 0.05) is 12.6 Å². The van der Waals surface area contributed by atoms with E-state index in [1.54, 1.807) is 0 Å². The number of nitrogens with zero attached hydrogens (tertiary/aromatic N) is 1. The van der Waals surface area contributed by atoms with Crippen LogP contribution in [-0.4, -0.2) is 41.8 Å². The molecule has 0 spiro atoms. The van der Waals surface area contributed by atoms with E-state index >= 15 is 0 Å². The molecule has 2 fully saturated rings. The van der Waals surface area contributed by atoms with Gasteiger partial charge in [-0.1, -0.05) is 13.8 Å². The molecule has 1 heterocycles. The number of hydrogen-bond donors (Lipinski definition) is 1. The van der Waals surface area contributed by atoms with Crippen LogP contribution in [0.5, 0.6) is 0 Å². The van der Waals surface area contributed by atoms with Gasteiger partial charge in [-0.05, 0) is 32.6 Å². The predicted molar refractivity (Wildman–Crippen MR) is 66.5 cm³/mol. The Hall–Kier alpha value is -0.610. The molecule has 0 aromatic carbocycles. The Kier molecular flexibility index (Phi) is 3.73. The van der Waals surface area contributed by atoms with Gasteiger partial charge >= 0.3 is 0 Å². The lowest BCUT2D eigenvalue weighted by Gasteiger charge is -2.42. The van der Waals surface area contributed by atoms with Crippen molar-refractivity contribution in [3.05, 3.63) is 0 Å². The fourth-order valence-electron chi connectivity index (χ4n) is 2.87. The van der Waals surface area contributed by atoms with Gasteiger partial charge in [-0.2, -0.15) is 0 Å². The van der Waals surface area contributed by atoms with E-state index < -0.39 is 0 Å². The second-order valence-corrected chi connectivity index (χ2v) is 5.51.